The lowest BCUT2D eigenvalue weighted by Gasteiger charge is -2.16. The first-order chi connectivity index (χ1) is 17.3. The van der Waals surface area contributed by atoms with Crippen LogP contribution < -0.4 is 15.8 Å². The first-order valence-corrected chi connectivity index (χ1v) is 11.7. The van der Waals surface area contributed by atoms with Crippen LogP contribution in [0.3, 0.4) is 0 Å². The number of carbonyl (C=O) groups excluding carboxylic acids is 2. The summed E-state index contributed by atoms with van der Waals surface area (Å²) < 4.78 is 10.6. The summed E-state index contributed by atoms with van der Waals surface area (Å²) in [5.41, 5.74) is 6.36. The first-order valence-electron chi connectivity index (χ1n) is 10.9. The largest absolute Gasteiger partial charge is 0.480 e. The predicted octanol–water partition coefficient (Wildman–Crippen LogP) is 2.76. The Labute approximate surface area is 209 Å². The van der Waals surface area contributed by atoms with Crippen molar-refractivity contribution in [2.75, 3.05) is 26.0 Å². The summed E-state index contributed by atoms with van der Waals surface area (Å²) in [6.07, 6.45) is 1.82. The molecule has 1 saturated heterocycles. The molecule has 0 radical (unpaired) electrons. The highest BCUT2D eigenvalue weighted by Crippen LogP contribution is 2.38. The van der Waals surface area contributed by atoms with Gasteiger partial charge >= 0.3 is 0 Å². The Morgan fingerprint density at radius 2 is 2.08 bits per heavy atom. The molecule has 0 spiro atoms. The molecule has 1 aliphatic rings. The van der Waals surface area contributed by atoms with Crippen LogP contribution in [0.2, 0.25) is 0 Å². The number of carbonyl (C=O) groups is 2. The zero-order valence-corrected chi connectivity index (χ0v) is 20.2. The topological polar surface area (TPSA) is 157 Å². The van der Waals surface area contributed by atoms with Gasteiger partial charge in [-0.15, -0.1) is 0 Å². The van der Waals surface area contributed by atoms with Gasteiger partial charge < -0.3 is 30.3 Å². The van der Waals surface area contributed by atoms with E-state index in [1.807, 2.05) is 24.3 Å². The first kappa shape index (κ1) is 23.5. The van der Waals surface area contributed by atoms with Crippen molar-refractivity contribution in [1.82, 2.24) is 20.0 Å². The Morgan fingerprint density at radius 3 is 2.81 bits per heavy atom. The number of thiazole rings is 1. The lowest BCUT2D eigenvalue weighted by atomic mass is 9.98. The van der Waals surface area contributed by atoms with E-state index in [0.29, 0.717) is 44.9 Å². The van der Waals surface area contributed by atoms with Gasteiger partial charge in [0, 0.05) is 43.4 Å². The normalized spacial score (nSPS) is 17.4. The quantitative estimate of drug-likeness (QED) is 0.343. The maximum absolute atomic E-state index is 12.4. The molecule has 1 atom stereocenters. The molecule has 11 nitrogen and oxygen atoms in total. The average molecular weight is 507 g/mol. The van der Waals surface area contributed by atoms with Crippen LogP contribution in [-0.2, 0) is 10.4 Å². The molecule has 0 unspecified atom stereocenters. The number of pyridine rings is 1. The van der Waals surface area contributed by atoms with E-state index in [1.165, 1.54) is 23.3 Å². The molecule has 4 heterocycles. The predicted molar refractivity (Wildman–Crippen MR) is 132 cm³/mol. The van der Waals surface area contributed by atoms with Crippen molar-refractivity contribution in [3.63, 3.8) is 0 Å². The number of hydrogen-bond donors (Lipinski definition) is 3. The molecular weight excluding hydrogens is 484 g/mol. The fraction of sp³-hybridized carbons (Fsp3) is 0.208. The van der Waals surface area contributed by atoms with Crippen molar-refractivity contribution in [2.24, 2.45) is 5.73 Å². The van der Waals surface area contributed by atoms with Gasteiger partial charge in [-0.3, -0.25) is 9.59 Å². The molecule has 1 aliphatic heterocycles. The van der Waals surface area contributed by atoms with Crippen molar-refractivity contribution in [1.29, 1.82) is 0 Å². The minimum absolute atomic E-state index is 0.0844. The summed E-state index contributed by atoms with van der Waals surface area (Å²) in [5, 5.41) is 19.0. The molecule has 4 aromatic rings. The van der Waals surface area contributed by atoms with E-state index in [2.05, 4.69) is 20.4 Å². The fourth-order valence-electron chi connectivity index (χ4n) is 3.97. The highest BCUT2D eigenvalue weighted by Gasteiger charge is 2.48. The average Bonchev–Trinajstić information content (AvgIpc) is 3.61. The van der Waals surface area contributed by atoms with Crippen molar-refractivity contribution in [3.05, 3.63) is 60.1 Å². The number of likely N-dealkylation sites (tertiary alicyclic amines) is 1. The number of nitrogens with two attached hydrogens (primary N) is 1. The number of nitrogens with zero attached hydrogens (tertiary/aromatic N) is 4. The Bertz CT molecular complexity index is 1470. The molecule has 5 rings (SSSR count). The molecule has 2 amide bonds. The third-order valence-corrected chi connectivity index (χ3v) is 6.93. The molecule has 0 aliphatic carbocycles. The Balaban J connectivity index is 1.47. The van der Waals surface area contributed by atoms with Crippen molar-refractivity contribution < 1.29 is 24.0 Å². The van der Waals surface area contributed by atoms with Crippen LogP contribution in [0.15, 0.2) is 53.2 Å². The number of benzene rings is 1. The van der Waals surface area contributed by atoms with E-state index >= 15 is 0 Å². The molecule has 184 valence electrons. The van der Waals surface area contributed by atoms with E-state index in [0.717, 1.165) is 0 Å². The highest BCUT2D eigenvalue weighted by molar-refractivity contribution is 7.19. The summed E-state index contributed by atoms with van der Waals surface area (Å²) in [6, 6.07) is 12.4. The number of ether oxygens (including phenoxy) is 1. The van der Waals surface area contributed by atoms with Crippen molar-refractivity contribution in [2.45, 2.75) is 12.0 Å². The van der Waals surface area contributed by atoms with Crippen molar-refractivity contribution in [3.8, 4) is 27.7 Å². The minimum Gasteiger partial charge on any atom is -0.480 e. The number of nitrogens with one attached hydrogen (secondary N) is 1. The van der Waals surface area contributed by atoms with Crippen LogP contribution in [0.4, 0.5) is 10.7 Å². The summed E-state index contributed by atoms with van der Waals surface area (Å²) in [7, 11) is 3.13. The zero-order valence-electron chi connectivity index (χ0n) is 19.4. The number of aliphatic hydroxyl groups is 1. The SMILES string of the molecule is COc1ncccc1Nc1sc(-c2cccc(-c3cc([C@]4(O)CCN(C)C4=O)on3)c2)nc1C(N)=O. The maximum atomic E-state index is 12.4. The molecule has 1 fully saturated rings. The van der Waals surface area contributed by atoms with E-state index in [1.54, 1.807) is 31.4 Å². The number of hydrogen-bond acceptors (Lipinski definition) is 10. The summed E-state index contributed by atoms with van der Waals surface area (Å²) in [6.45, 7) is 0.425. The molecule has 1 aromatic carbocycles. The van der Waals surface area contributed by atoms with Gasteiger partial charge in [0.2, 0.25) is 11.5 Å². The Kier molecular flexibility index (Phi) is 5.90. The third kappa shape index (κ3) is 4.06. The van der Waals surface area contributed by atoms with Gasteiger partial charge in [0.25, 0.3) is 11.8 Å². The summed E-state index contributed by atoms with van der Waals surface area (Å²) in [4.78, 5) is 34.6. The van der Waals surface area contributed by atoms with E-state index < -0.39 is 17.4 Å². The van der Waals surface area contributed by atoms with Gasteiger partial charge in [-0.05, 0) is 18.2 Å². The molecule has 3 aromatic heterocycles. The number of rotatable bonds is 7. The van der Waals surface area contributed by atoms with Gasteiger partial charge in [0.05, 0.1) is 7.11 Å². The van der Waals surface area contributed by atoms with Gasteiger partial charge in [0.1, 0.15) is 21.4 Å². The monoisotopic (exact) mass is 506 g/mol. The van der Waals surface area contributed by atoms with Crippen LogP contribution >= 0.6 is 11.3 Å². The second-order valence-corrected chi connectivity index (χ2v) is 9.24. The zero-order chi connectivity index (χ0) is 25.4. The van der Waals surface area contributed by atoms with Gasteiger partial charge in [-0.1, -0.05) is 34.7 Å². The number of anilines is 2. The molecule has 0 bridgehead atoms. The molecule has 12 heteroatoms. The van der Waals surface area contributed by atoms with Gasteiger partial charge in [-0.25, -0.2) is 9.97 Å². The van der Waals surface area contributed by atoms with E-state index in [9.17, 15) is 14.7 Å². The highest BCUT2D eigenvalue weighted by atomic mass is 32.1. The lowest BCUT2D eigenvalue weighted by molar-refractivity contribution is -0.144. The molecule has 0 saturated carbocycles. The van der Waals surface area contributed by atoms with Crippen LogP contribution in [0.25, 0.3) is 21.8 Å². The van der Waals surface area contributed by atoms with Crippen LogP contribution in [0.5, 0.6) is 5.88 Å². The van der Waals surface area contributed by atoms with Crippen molar-refractivity contribution >= 4 is 33.8 Å². The second-order valence-electron chi connectivity index (χ2n) is 8.24. The standard InChI is InChI=1S/C24H22N6O5S/c1-30-10-8-24(33,23(30)32)17-12-16(29-35-17)13-5-3-6-14(11-13)21-28-18(19(25)31)22(36-21)27-15-7-4-9-26-20(15)34-2/h3-7,9,11-12,27,33H,8,10H2,1-2H3,(H2,25,31)/t24-/m1/s1. The third-order valence-electron chi connectivity index (χ3n) is 5.91. The number of methoxy groups -OCH3 is 1. The molecular formula is C24H22N6O5S. The summed E-state index contributed by atoms with van der Waals surface area (Å²) in [5.74, 6) is -0.648. The molecule has 36 heavy (non-hydrogen) atoms. The number of primary amides is 1. The van der Waals surface area contributed by atoms with Crippen LogP contribution in [-0.4, -0.2) is 57.6 Å². The van der Waals surface area contributed by atoms with Gasteiger partial charge in [0.15, 0.2) is 11.5 Å². The minimum atomic E-state index is -1.72. The fourth-order valence-corrected chi connectivity index (χ4v) is 4.95. The second kappa shape index (κ2) is 9.06. The number of amides is 2. The Morgan fingerprint density at radius 1 is 1.28 bits per heavy atom. The number of likely N-dealkylation sites (N-methyl/N-ethyl adjacent to an activating group) is 1. The number of aromatic nitrogens is 3. The molecule has 4 N–H and O–H groups in total. The summed E-state index contributed by atoms with van der Waals surface area (Å²) >= 11 is 1.24. The maximum Gasteiger partial charge on any atom is 0.270 e. The van der Waals surface area contributed by atoms with Gasteiger partial charge in [-0.2, -0.15) is 0 Å². The van der Waals surface area contributed by atoms with Crippen LogP contribution in [0, 0.1) is 0 Å². The lowest BCUT2D eigenvalue weighted by Crippen LogP contribution is -2.35. The van der Waals surface area contributed by atoms with Crippen LogP contribution in [0.1, 0.15) is 22.7 Å². The Hall–Kier alpha value is -4.29. The van der Waals surface area contributed by atoms with E-state index in [-0.39, 0.29) is 17.9 Å². The smallest absolute Gasteiger partial charge is 0.270 e. The van der Waals surface area contributed by atoms with E-state index in [4.69, 9.17) is 15.0 Å².